The molecule has 0 N–H and O–H groups in total. The van der Waals surface area contributed by atoms with E-state index in [4.69, 9.17) is 4.74 Å². The number of thiophene rings is 1. The van der Waals surface area contributed by atoms with Gasteiger partial charge in [-0.05, 0) is 37.1 Å². The van der Waals surface area contributed by atoms with Crippen LogP contribution in [0.2, 0.25) is 0 Å². The molecule has 3 nitrogen and oxygen atoms in total. The van der Waals surface area contributed by atoms with E-state index in [0.717, 1.165) is 58.3 Å². The summed E-state index contributed by atoms with van der Waals surface area (Å²) in [6.45, 7) is 6.68. The number of amides is 1. The van der Waals surface area contributed by atoms with E-state index in [-0.39, 0.29) is 5.92 Å². The number of hydrogen-bond acceptors (Lipinski definition) is 3. The fourth-order valence-corrected chi connectivity index (χ4v) is 3.98. The van der Waals surface area contributed by atoms with Crippen LogP contribution in [0.15, 0.2) is 17.5 Å². The third kappa shape index (κ3) is 4.82. The third-order valence-corrected chi connectivity index (χ3v) is 5.31. The Bertz CT molecular complexity index is 420. The van der Waals surface area contributed by atoms with Gasteiger partial charge < -0.3 is 9.64 Å². The van der Waals surface area contributed by atoms with E-state index in [9.17, 15) is 4.79 Å². The van der Waals surface area contributed by atoms with Crippen molar-refractivity contribution in [1.29, 1.82) is 0 Å². The van der Waals surface area contributed by atoms with E-state index in [2.05, 4.69) is 36.3 Å². The first-order chi connectivity index (χ1) is 10.8. The first-order valence-electron chi connectivity index (χ1n) is 8.66. The third-order valence-electron chi connectivity index (χ3n) is 4.44. The molecule has 0 spiro atoms. The fraction of sp³-hybridized carbons (Fsp3) is 0.722. The van der Waals surface area contributed by atoms with E-state index in [1.54, 1.807) is 11.3 Å². The van der Waals surface area contributed by atoms with Crippen LogP contribution in [0.1, 0.15) is 57.2 Å². The maximum absolute atomic E-state index is 13.1. The molecule has 1 saturated heterocycles. The van der Waals surface area contributed by atoms with Crippen molar-refractivity contribution in [3.05, 3.63) is 22.4 Å². The van der Waals surface area contributed by atoms with Gasteiger partial charge in [0.05, 0.1) is 6.54 Å². The Morgan fingerprint density at radius 1 is 1.32 bits per heavy atom. The lowest BCUT2D eigenvalue weighted by atomic mass is 9.95. The SMILES string of the molecule is CCCC(CCC)C(=O)N(Cc1cccs1)C1CCOCC1. The van der Waals surface area contributed by atoms with E-state index in [1.165, 1.54) is 4.88 Å². The van der Waals surface area contributed by atoms with Gasteiger partial charge in [-0.2, -0.15) is 0 Å². The monoisotopic (exact) mass is 323 g/mol. The normalized spacial score (nSPS) is 16.1. The van der Waals surface area contributed by atoms with Crippen LogP contribution in [0.4, 0.5) is 0 Å². The predicted molar refractivity (Wildman–Crippen MR) is 92.0 cm³/mol. The molecule has 0 aromatic carbocycles. The Hall–Kier alpha value is -0.870. The highest BCUT2D eigenvalue weighted by Gasteiger charge is 2.30. The Kier molecular flexibility index (Phi) is 7.40. The first kappa shape index (κ1) is 17.5. The number of nitrogens with zero attached hydrogens (tertiary/aromatic N) is 1. The number of rotatable bonds is 8. The van der Waals surface area contributed by atoms with Gasteiger partial charge >= 0.3 is 0 Å². The minimum Gasteiger partial charge on any atom is -0.381 e. The average Bonchev–Trinajstić information content (AvgIpc) is 3.06. The van der Waals surface area contributed by atoms with E-state index in [0.29, 0.717) is 11.9 Å². The molecule has 0 bridgehead atoms. The number of ether oxygens (including phenoxy) is 1. The maximum Gasteiger partial charge on any atom is 0.226 e. The molecule has 0 unspecified atom stereocenters. The van der Waals surface area contributed by atoms with Gasteiger partial charge in [-0.25, -0.2) is 0 Å². The van der Waals surface area contributed by atoms with Crippen LogP contribution >= 0.6 is 11.3 Å². The van der Waals surface area contributed by atoms with Crippen molar-refractivity contribution in [2.75, 3.05) is 13.2 Å². The van der Waals surface area contributed by atoms with Gasteiger partial charge in [-0.1, -0.05) is 32.8 Å². The average molecular weight is 324 g/mol. The lowest BCUT2D eigenvalue weighted by molar-refractivity contribution is -0.141. The maximum atomic E-state index is 13.1. The van der Waals surface area contributed by atoms with Crippen LogP contribution in [0.5, 0.6) is 0 Å². The molecule has 1 aliphatic rings. The van der Waals surface area contributed by atoms with E-state index in [1.807, 2.05) is 0 Å². The zero-order chi connectivity index (χ0) is 15.8. The van der Waals surface area contributed by atoms with Crippen LogP contribution in [0.3, 0.4) is 0 Å². The summed E-state index contributed by atoms with van der Waals surface area (Å²) in [6, 6.07) is 4.56. The summed E-state index contributed by atoms with van der Waals surface area (Å²) in [6.07, 6.45) is 6.13. The summed E-state index contributed by atoms with van der Waals surface area (Å²) in [5.74, 6) is 0.557. The summed E-state index contributed by atoms with van der Waals surface area (Å²) < 4.78 is 5.48. The Morgan fingerprint density at radius 3 is 2.55 bits per heavy atom. The van der Waals surface area contributed by atoms with Crippen LogP contribution in [-0.4, -0.2) is 30.1 Å². The lowest BCUT2D eigenvalue weighted by Crippen LogP contribution is -2.45. The molecule has 1 amide bonds. The molecular weight excluding hydrogens is 294 g/mol. The Balaban J connectivity index is 2.11. The van der Waals surface area contributed by atoms with Crippen molar-refractivity contribution in [2.45, 2.75) is 65.0 Å². The van der Waals surface area contributed by atoms with Gasteiger partial charge in [-0.3, -0.25) is 4.79 Å². The quantitative estimate of drug-likeness (QED) is 0.706. The molecule has 1 aromatic heterocycles. The zero-order valence-electron chi connectivity index (χ0n) is 13.9. The molecule has 1 aromatic rings. The van der Waals surface area contributed by atoms with Gasteiger partial charge in [0.15, 0.2) is 0 Å². The molecule has 0 saturated carbocycles. The van der Waals surface area contributed by atoms with E-state index >= 15 is 0 Å². The second-order valence-corrected chi connectivity index (χ2v) is 7.20. The second-order valence-electron chi connectivity index (χ2n) is 6.16. The number of hydrogen-bond donors (Lipinski definition) is 0. The van der Waals surface area contributed by atoms with Crippen molar-refractivity contribution >= 4 is 17.2 Å². The zero-order valence-corrected chi connectivity index (χ0v) is 14.7. The summed E-state index contributed by atoms with van der Waals surface area (Å²) in [5, 5.41) is 2.09. The molecule has 4 heteroatoms. The highest BCUT2D eigenvalue weighted by Crippen LogP contribution is 2.25. The molecule has 2 heterocycles. The highest BCUT2D eigenvalue weighted by molar-refractivity contribution is 7.09. The van der Waals surface area contributed by atoms with Crippen LogP contribution < -0.4 is 0 Å². The standard InChI is InChI=1S/C18H29NO2S/c1-3-6-15(7-4-2)18(20)19(14-17-8-5-13-22-17)16-9-11-21-12-10-16/h5,8,13,15-16H,3-4,6-7,9-12,14H2,1-2H3. The van der Waals surface area contributed by atoms with Gasteiger partial charge in [0.1, 0.15) is 0 Å². The highest BCUT2D eigenvalue weighted by atomic mass is 32.1. The van der Waals surface area contributed by atoms with Crippen LogP contribution in [0.25, 0.3) is 0 Å². The molecule has 124 valence electrons. The molecule has 0 radical (unpaired) electrons. The van der Waals surface area contributed by atoms with Crippen LogP contribution in [-0.2, 0) is 16.1 Å². The molecular formula is C18H29NO2S. The van der Waals surface area contributed by atoms with Crippen molar-refractivity contribution < 1.29 is 9.53 Å². The van der Waals surface area contributed by atoms with Crippen molar-refractivity contribution in [2.24, 2.45) is 5.92 Å². The minimum absolute atomic E-state index is 0.192. The Labute approximate surface area is 138 Å². The molecule has 1 fully saturated rings. The summed E-state index contributed by atoms with van der Waals surface area (Å²) in [4.78, 5) is 16.6. The van der Waals surface area contributed by atoms with Crippen molar-refractivity contribution in [3.8, 4) is 0 Å². The van der Waals surface area contributed by atoms with Crippen molar-refractivity contribution in [3.63, 3.8) is 0 Å². The molecule has 1 aliphatic heterocycles. The Morgan fingerprint density at radius 2 is 2.00 bits per heavy atom. The predicted octanol–water partition coefficient (Wildman–Crippen LogP) is 4.47. The largest absolute Gasteiger partial charge is 0.381 e. The topological polar surface area (TPSA) is 29.5 Å². The summed E-state index contributed by atoms with van der Waals surface area (Å²) in [5.41, 5.74) is 0. The smallest absolute Gasteiger partial charge is 0.226 e. The lowest BCUT2D eigenvalue weighted by Gasteiger charge is -2.36. The van der Waals surface area contributed by atoms with E-state index < -0.39 is 0 Å². The first-order valence-corrected chi connectivity index (χ1v) is 9.54. The van der Waals surface area contributed by atoms with Gasteiger partial charge in [0.25, 0.3) is 0 Å². The second kappa shape index (κ2) is 9.31. The number of carbonyl (C=O) groups is 1. The van der Waals surface area contributed by atoms with Gasteiger partial charge in [0.2, 0.25) is 5.91 Å². The van der Waals surface area contributed by atoms with Gasteiger partial charge in [0, 0.05) is 30.1 Å². The number of carbonyl (C=O) groups excluding carboxylic acids is 1. The molecule has 0 aliphatic carbocycles. The summed E-state index contributed by atoms with van der Waals surface area (Å²) >= 11 is 1.75. The minimum atomic E-state index is 0.192. The molecule has 0 atom stereocenters. The van der Waals surface area contributed by atoms with Gasteiger partial charge in [-0.15, -0.1) is 11.3 Å². The van der Waals surface area contributed by atoms with Crippen molar-refractivity contribution in [1.82, 2.24) is 4.90 Å². The molecule has 2 rings (SSSR count). The summed E-state index contributed by atoms with van der Waals surface area (Å²) in [7, 11) is 0. The van der Waals surface area contributed by atoms with Crippen LogP contribution in [0, 0.1) is 5.92 Å². The fourth-order valence-electron chi connectivity index (χ4n) is 3.28. The molecule has 22 heavy (non-hydrogen) atoms.